The van der Waals surface area contributed by atoms with Gasteiger partial charge in [0.1, 0.15) is 0 Å². The van der Waals surface area contributed by atoms with Gasteiger partial charge in [0, 0.05) is 24.2 Å². The SMILES string of the molecule is C/C(=C/C(=O)N1CCC(C(O)c2ccc(Cl)cc2)CC1)C1CC1. The van der Waals surface area contributed by atoms with E-state index in [1.54, 1.807) is 0 Å². The highest BCUT2D eigenvalue weighted by atomic mass is 35.5. The average Bonchev–Trinajstić information content (AvgIpc) is 3.40. The molecule has 0 bridgehead atoms. The van der Waals surface area contributed by atoms with E-state index in [0.29, 0.717) is 10.9 Å². The van der Waals surface area contributed by atoms with E-state index in [1.807, 2.05) is 35.2 Å². The first-order chi connectivity index (χ1) is 11.0. The molecule has 0 spiro atoms. The molecule has 1 unspecified atom stereocenters. The number of carbonyl (C=O) groups is 1. The first-order valence-electron chi connectivity index (χ1n) is 8.45. The average molecular weight is 334 g/mol. The largest absolute Gasteiger partial charge is 0.388 e. The van der Waals surface area contributed by atoms with Crippen molar-refractivity contribution in [3.05, 3.63) is 46.5 Å². The van der Waals surface area contributed by atoms with Crippen molar-refractivity contribution in [1.82, 2.24) is 4.90 Å². The number of carbonyl (C=O) groups excluding carboxylic acids is 1. The standard InChI is InChI=1S/C19H24ClNO2/c1-13(14-2-3-14)12-18(22)21-10-8-16(9-11-21)19(23)15-4-6-17(20)7-5-15/h4-7,12,14,16,19,23H,2-3,8-11H2,1H3/b13-12-. The molecule has 1 aromatic carbocycles. The normalized spacial score (nSPS) is 21.3. The number of aliphatic hydroxyl groups is 1. The van der Waals surface area contributed by atoms with Gasteiger partial charge >= 0.3 is 0 Å². The number of rotatable bonds is 4. The Morgan fingerprint density at radius 3 is 2.39 bits per heavy atom. The fraction of sp³-hybridized carbons (Fsp3) is 0.526. The topological polar surface area (TPSA) is 40.5 Å². The van der Waals surface area contributed by atoms with Crippen molar-refractivity contribution in [1.29, 1.82) is 0 Å². The minimum atomic E-state index is -0.478. The van der Waals surface area contributed by atoms with Crippen molar-refractivity contribution in [2.45, 2.75) is 38.7 Å². The molecule has 1 aliphatic heterocycles. The van der Waals surface area contributed by atoms with Gasteiger partial charge in [-0.2, -0.15) is 0 Å². The van der Waals surface area contributed by atoms with Crippen LogP contribution < -0.4 is 0 Å². The Morgan fingerprint density at radius 1 is 1.22 bits per heavy atom. The van der Waals surface area contributed by atoms with Crippen LogP contribution in [0.4, 0.5) is 0 Å². The summed E-state index contributed by atoms with van der Waals surface area (Å²) in [4.78, 5) is 14.2. The predicted molar refractivity (Wildman–Crippen MR) is 92.2 cm³/mol. The van der Waals surface area contributed by atoms with E-state index in [2.05, 4.69) is 6.92 Å². The Bertz CT molecular complexity index is 584. The molecule has 1 saturated heterocycles. The molecule has 0 radical (unpaired) electrons. The third-order valence-electron chi connectivity index (χ3n) is 5.08. The van der Waals surface area contributed by atoms with Crippen LogP contribution in [0.25, 0.3) is 0 Å². The maximum Gasteiger partial charge on any atom is 0.246 e. The molecule has 2 fully saturated rings. The van der Waals surface area contributed by atoms with Crippen LogP contribution in [0, 0.1) is 11.8 Å². The molecule has 1 heterocycles. The highest BCUT2D eigenvalue weighted by molar-refractivity contribution is 6.30. The predicted octanol–water partition coefficient (Wildman–Crippen LogP) is 3.97. The van der Waals surface area contributed by atoms with Gasteiger partial charge in [0.05, 0.1) is 6.10 Å². The summed E-state index contributed by atoms with van der Waals surface area (Å²) in [5, 5.41) is 11.2. The Kier molecular flexibility index (Phi) is 5.08. The molecule has 1 aliphatic carbocycles. The van der Waals surface area contributed by atoms with Gasteiger partial charge in [0.15, 0.2) is 0 Å². The quantitative estimate of drug-likeness (QED) is 0.847. The van der Waals surface area contributed by atoms with Crippen LogP contribution in [0.5, 0.6) is 0 Å². The number of hydrogen-bond acceptors (Lipinski definition) is 2. The molecule has 4 heteroatoms. The van der Waals surface area contributed by atoms with Gasteiger partial charge in [-0.3, -0.25) is 4.79 Å². The fourth-order valence-electron chi connectivity index (χ4n) is 3.31. The zero-order valence-corrected chi connectivity index (χ0v) is 14.3. The number of amides is 1. The molecule has 1 aromatic rings. The van der Waals surface area contributed by atoms with Gasteiger partial charge in [-0.05, 0) is 62.1 Å². The zero-order valence-electron chi connectivity index (χ0n) is 13.5. The first kappa shape index (κ1) is 16.5. The summed E-state index contributed by atoms with van der Waals surface area (Å²) in [7, 11) is 0. The fourth-order valence-corrected chi connectivity index (χ4v) is 3.44. The molecule has 124 valence electrons. The monoisotopic (exact) mass is 333 g/mol. The van der Waals surface area contributed by atoms with Crippen LogP contribution in [-0.2, 0) is 4.79 Å². The number of nitrogens with zero attached hydrogens (tertiary/aromatic N) is 1. The van der Waals surface area contributed by atoms with Crippen molar-refractivity contribution < 1.29 is 9.90 Å². The first-order valence-corrected chi connectivity index (χ1v) is 8.83. The molecular formula is C19H24ClNO2. The van der Waals surface area contributed by atoms with Crippen molar-refractivity contribution in [3.63, 3.8) is 0 Å². The second-order valence-corrected chi connectivity index (χ2v) is 7.26. The second-order valence-electron chi connectivity index (χ2n) is 6.82. The van der Waals surface area contributed by atoms with Crippen LogP contribution in [0.2, 0.25) is 5.02 Å². The number of piperidine rings is 1. The maximum absolute atomic E-state index is 12.3. The summed E-state index contributed by atoms with van der Waals surface area (Å²) in [6, 6.07) is 7.38. The molecule has 0 aromatic heterocycles. The van der Waals surface area contributed by atoms with E-state index < -0.39 is 6.10 Å². The molecule has 3 rings (SSSR count). The van der Waals surface area contributed by atoms with Crippen LogP contribution in [0.3, 0.4) is 0 Å². The lowest BCUT2D eigenvalue weighted by atomic mass is 9.87. The minimum absolute atomic E-state index is 0.133. The van der Waals surface area contributed by atoms with Crippen LogP contribution in [-0.4, -0.2) is 29.0 Å². The molecular weight excluding hydrogens is 310 g/mol. The molecule has 1 amide bonds. The van der Waals surface area contributed by atoms with Crippen molar-refractivity contribution in [3.8, 4) is 0 Å². The van der Waals surface area contributed by atoms with Crippen molar-refractivity contribution in [2.75, 3.05) is 13.1 Å². The number of halogens is 1. The van der Waals surface area contributed by atoms with Crippen LogP contribution in [0.1, 0.15) is 44.3 Å². The van der Waals surface area contributed by atoms with Crippen LogP contribution >= 0.6 is 11.6 Å². The second kappa shape index (κ2) is 7.06. The van der Waals surface area contributed by atoms with E-state index in [1.165, 1.54) is 18.4 Å². The summed E-state index contributed by atoms with van der Waals surface area (Å²) in [5.41, 5.74) is 2.13. The molecule has 23 heavy (non-hydrogen) atoms. The summed E-state index contributed by atoms with van der Waals surface area (Å²) >= 11 is 5.89. The third kappa shape index (κ3) is 4.15. The lowest BCUT2D eigenvalue weighted by molar-refractivity contribution is -0.128. The van der Waals surface area contributed by atoms with Gasteiger partial charge in [0.2, 0.25) is 5.91 Å². The highest BCUT2D eigenvalue weighted by Crippen LogP contribution is 2.36. The van der Waals surface area contributed by atoms with Crippen LogP contribution in [0.15, 0.2) is 35.9 Å². The smallest absolute Gasteiger partial charge is 0.246 e. The molecule has 1 saturated carbocycles. The van der Waals surface area contributed by atoms with Gasteiger partial charge in [0.25, 0.3) is 0 Å². The lowest BCUT2D eigenvalue weighted by Gasteiger charge is -2.34. The van der Waals surface area contributed by atoms with Crippen molar-refractivity contribution in [2.24, 2.45) is 11.8 Å². The number of benzene rings is 1. The van der Waals surface area contributed by atoms with E-state index in [-0.39, 0.29) is 11.8 Å². The molecule has 2 aliphatic rings. The van der Waals surface area contributed by atoms with E-state index in [4.69, 9.17) is 11.6 Å². The van der Waals surface area contributed by atoms with E-state index in [9.17, 15) is 9.90 Å². The summed E-state index contributed by atoms with van der Waals surface area (Å²) in [6.45, 7) is 3.51. The lowest BCUT2D eigenvalue weighted by Crippen LogP contribution is -2.39. The molecule has 1 N–H and O–H groups in total. The van der Waals surface area contributed by atoms with Gasteiger partial charge in [-0.1, -0.05) is 29.3 Å². The zero-order chi connectivity index (χ0) is 16.4. The minimum Gasteiger partial charge on any atom is -0.388 e. The van der Waals surface area contributed by atoms with Gasteiger partial charge in [-0.15, -0.1) is 0 Å². The van der Waals surface area contributed by atoms with E-state index >= 15 is 0 Å². The Balaban J connectivity index is 1.54. The number of likely N-dealkylation sites (tertiary alicyclic amines) is 1. The van der Waals surface area contributed by atoms with E-state index in [0.717, 1.165) is 31.5 Å². The highest BCUT2D eigenvalue weighted by Gasteiger charge is 2.29. The summed E-state index contributed by atoms with van der Waals surface area (Å²) in [6.07, 6.45) is 5.47. The molecule has 1 atom stereocenters. The Hall–Kier alpha value is -1.32. The van der Waals surface area contributed by atoms with Gasteiger partial charge in [-0.25, -0.2) is 0 Å². The van der Waals surface area contributed by atoms with Crippen molar-refractivity contribution >= 4 is 17.5 Å². The molecule has 3 nitrogen and oxygen atoms in total. The Morgan fingerprint density at radius 2 is 1.83 bits per heavy atom. The Labute approximate surface area is 142 Å². The maximum atomic E-state index is 12.3. The number of allylic oxidation sites excluding steroid dienone is 1. The third-order valence-corrected chi connectivity index (χ3v) is 5.33. The number of hydrogen-bond donors (Lipinski definition) is 1. The summed E-state index contributed by atoms with van der Waals surface area (Å²) < 4.78 is 0. The number of aliphatic hydroxyl groups excluding tert-OH is 1. The summed E-state index contributed by atoms with van der Waals surface area (Å²) in [5.74, 6) is 0.978. The van der Waals surface area contributed by atoms with Gasteiger partial charge < -0.3 is 10.0 Å².